The molecule has 8 heteroatoms. The van der Waals surface area contributed by atoms with Crippen LogP contribution in [0.4, 0.5) is 0 Å². The van der Waals surface area contributed by atoms with Crippen molar-refractivity contribution in [3.8, 4) is 5.69 Å². The summed E-state index contributed by atoms with van der Waals surface area (Å²) in [6.45, 7) is 3.38. The van der Waals surface area contributed by atoms with Gasteiger partial charge in [0.15, 0.2) is 0 Å². The molecule has 150 valence electrons. The molecular weight excluding hydrogens is 396 g/mol. The Kier molecular flexibility index (Phi) is 6.29. The van der Waals surface area contributed by atoms with Crippen LogP contribution in [0.25, 0.3) is 16.6 Å². The van der Waals surface area contributed by atoms with E-state index < -0.39 is 23.4 Å². The topological polar surface area (TPSA) is 87.5 Å². The van der Waals surface area contributed by atoms with Crippen molar-refractivity contribution in [3.05, 3.63) is 69.7 Å². The monoisotopic (exact) mass is 414 g/mol. The minimum absolute atomic E-state index is 0.0630. The van der Waals surface area contributed by atoms with E-state index in [4.69, 9.17) is 21.1 Å². The largest absolute Gasteiger partial charge is 0.465 e. The van der Waals surface area contributed by atoms with Crippen LogP contribution >= 0.6 is 11.6 Å². The highest BCUT2D eigenvalue weighted by Crippen LogP contribution is 2.24. The van der Waals surface area contributed by atoms with E-state index in [-0.39, 0.29) is 24.4 Å². The number of carbonyl (C=O) groups is 2. The van der Waals surface area contributed by atoms with E-state index in [0.29, 0.717) is 16.2 Å². The maximum atomic E-state index is 13.3. The average Bonchev–Trinajstić information content (AvgIpc) is 2.70. The molecule has 0 bridgehead atoms. The fourth-order valence-electron chi connectivity index (χ4n) is 2.95. The van der Waals surface area contributed by atoms with Crippen LogP contribution in [-0.2, 0) is 19.1 Å². The first-order chi connectivity index (χ1) is 14.0. The van der Waals surface area contributed by atoms with E-state index in [9.17, 15) is 14.4 Å². The van der Waals surface area contributed by atoms with Crippen molar-refractivity contribution in [2.24, 2.45) is 0 Å². The number of nitrogens with zero attached hydrogens (tertiary/aromatic N) is 2. The predicted octanol–water partition coefficient (Wildman–Crippen LogP) is 3.25. The maximum absolute atomic E-state index is 13.3. The molecule has 0 fully saturated rings. The van der Waals surface area contributed by atoms with Gasteiger partial charge in [-0.2, -0.15) is 0 Å². The molecule has 0 saturated heterocycles. The van der Waals surface area contributed by atoms with Crippen LogP contribution in [0.5, 0.6) is 0 Å². The van der Waals surface area contributed by atoms with Gasteiger partial charge in [-0.1, -0.05) is 29.8 Å². The fourth-order valence-corrected chi connectivity index (χ4v) is 3.13. The van der Waals surface area contributed by atoms with Gasteiger partial charge in [-0.3, -0.25) is 19.0 Å². The number of aromatic nitrogens is 2. The highest BCUT2D eigenvalue weighted by atomic mass is 35.5. The second-order valence-corrected chi connectivity index (χ2v) is 6.48. The van der Waals surface area contributed by atoms with Gasteiger partial charge in [-0.15, -0.1) is 0 Å². The first-order valence-corrected chi connectivity index (χ1v) is 9.46. The number of fused-ring (bicyclic) bond motifs is 1. The zero-order valence-corrected chi connectivity index (χ0v) is 16.7. The molecule has 3 rings (SSSR count). The van der Waals surface area contributed by atoms with E-state index in [0.717, 1.165) is 0 Å². The molecule has 0 amide bonds. The molecule has 0 radical (unpaired) electrons. The first-order valence-electron chi connectivity index (χ1n) is 9.08. The number of esters is 2. The van der Waals surface area contributed by atoms with Crippen molar-refractivity contribution >= 4 is 34.4 Å². The molecule has 2 aromatic carbocycles. The third kappa shape index (κ3) is 4.14. The van der Waals surface area contributed by atoms with Crippen molar-refractivity contribution in [2.75, 3.05) is 13.2 Å². The number of halogens is 1. The molecule has 29 heavy (non-hydrogen) atoms. The molecule has 0 aliphatic carbocycles. The van der Waals surface area contributed by atoms with E-state index in [1.165, 1.54) is 10.6 Å². The van der Waals surface area contributed by atoms with Crippen molar-refractivity contribution in [3.63, 3.8) is 0 Å². The van der Waals surface area contributed by atoms with Gasteiger partial charge in [0.05, 0.1) is 29.8 Å². The van der Waals surface area contributed by atoms with E-state index >= 15 is 0 Å². The SMILES string of the molecule is CCOC(=O)C(C(=O)OCC)c1nc2ccc(Cl)cc2c(=O)n1-c1ccccc1. The Morgan fingerprint density at radius 3 is 2.24 bits per heavy atom. The lowest BCUT2D eigenvalue weighted by atomic mass is 10.1. The number of para-hydroxylation sites is 1. The quantitative estimate of drug-likeness (QED) is 0.454. The van der Waals surface area contributed by atoms with Crippen LogP contribution < -0.4 is 5.56 Å². The molecule has 1 heterocycles. The smallest absolute Gasteiger partial charge is 0.328 e. The van der Waals surface area contributed by atoms with Gasteiger partial charge in [0, 0.05) is 5.02 Å². The molecule has 3 aromatic rings. The molecule has 1 aromatic heterocycles. The lowest BCUT2D eigenvalue weighted by molar-refractivity contribution is -0.157. The van der Waals surface area contributed by atoms with E-state index in [1.807, 2.05) is 0 Å². The molecule has 0 atom stereocenters. The maximum Gasteiger partial charge on any atom is 0.328 e. The minimum atomic E-state index is -1.51. The summed E-state index contributed by atoms with van der Waals surface area (Å²) in [7, 11) is 0. The highest BCUT2D eigenvalue weighted by molar-refractivity contribution is 6.31. The number of rotatable bonds is 6. The Hall–Kier alpha value is -3.19. The normalized spacial score (nSPS) is 10.9. The third-order valence-corrected chi connectivity index (χ3v) is 4.41. The molecule has 0 spiro atoms. The molecular formula is C21H19ClN2O5. The Bertz CT molecular complexity index is 1090. The summed E-state index contributed by atoms with van der Waals surface area (Å²) in [6.07, 6.45) is 0. The summed E-state index contributed by atoms with van der Waals surface area (Å²) < 4.78 is 11.4. The second-order valence-electron chi connectivity index (χ2n) is 6.04. The molecule has 7 nitrogen and oxygen atoms in total. The standard InChI is InChI=1S/C21H19ClN2O5/c1-3-28-20(26)17(21(27)29-4-2)18-23-16-11-10-13(22)12-15(16)19(25)24(18)14-8-6-5-7-9-14/h5-12,17H,3-4H2,1-2H3. The Labute approximate surface area is 171 Å². The Balaban J connectivity index is 2.37. The lowest BCUT2D eigenvalue weighted by Crippen LogP contribution is -2.34. The summed E-state index contributed by atoms with van der Waals surface area (Å²) in [5.74, 6) is -3.26. The second kappa shape index (κ2) is 8.87. The van der Waals surface area contributed by atoms with Crippen LogP contribution in [-0.4, -0.2) is 34.7 Å². The lowest BCUT2D eigenvalue weighted by Gasteiger charge is -2.19. The van der Waals surface area contributed by atoms with Gasteiger partial charge in [0.1, 0.15) is 5.82 Å². The number of hydrogen-bond acceptors (Lipinski definition) is 6. The van der Waals surface area contributed by atoms with Crippen molar-refractivity contribution in [2.45, 2.75) is 19.8 Å². The molecule has 0 aliphatic heterocycles. The van der Waals surface area contributed by atoms with Crippen LogP contribution in [0.3, 0.4) is 0 Å². The van der Waals surface area contributed by atoms with Gasteiger partial charge < -0.3 is 9.47 Å². The van der Waals surface area contributed by atoms with Gasteiger partial charge in [0.2, 0.25) is 5.92 Å². The minimum Gasteiger partial charge on any atom is -0.465 e. The van der Waals surface area contributed by atoms with Gasteiger partial charge in [-0.05, 0) is 44.2 Å². The van der Waals surface area contributed by atoms with E-state index in [1.54, 1.807) is 56.3 Å². The molecule has 0 saturated carbocycles. The number of carbonyl (C=O) groups excluding carboxylic acids is 2. The van der Waals surface area contributed by atoms with Crippen LogP contribution in [0.2, 0.25) is 5.02 Å². The number of ether oxygens (including phenoxy) is 2. The summed E-state index contributed by atoms with van der Waals surface area (Å²) >= 11 is 6.05. The van der Waals surface area contributed by atoms with Crippen LogP contribution in [0, 0.1) is 0 Å². The van der Waals surface area contributed by atoms with Gasteiger partial charge >= 0.3 is 11.9 Å². The Morgan fingerprint density at radius 1 is 1.03 bits per heavy atom. The van der Waals surface area contributed by atoms with Gasteiger partial charge in [-0.25, -0.2) is 4.98 Å². The average molecular weight is 415 g/mol. The van der Waals surface area contributed by atoms with Crippen molar-refractivity contribution in [1.29, 1.82) is 0 Å². The Morgan fingerprint density at radius 2 is 1.66 bits per heavy atom. The molecule has 0 aliphatic rings. The summed E-state index contributed by atoms with van der Waals surface area (Å²) in [5, 5.41) is 0.632. The molecule has 0 N–H and O–H groups in total. The van der Waals surface area contributed by atoms with Gasteiger partial charge in [0.25, 0.3) is 5.56 Å². The fraction of sp³-hybridized carbons (Fsp3) is 0.238. The van der Waals surface area contributed by atoms with Crippen molar-refractivity contribution in [1.82, 2.24) is 9.55 Å². The van der Waals surface area contributed by atoms with Crippen molar-refractivity contribution < 1.29 is 19.1 Å². The van der Waals surface area contributed by atoms with E-state index in [2.05, 4.69) is 4.98 Å². The zero-order valence-electron chi connectivity index (χ0n) is 15.9. The third-order valence-electron chi connectivity index (χ3n) is 4.17. The van der Waals surface area contributed by atoms with Crippen LogP contribution in [0.1, 0.15) is 25.6 Å². The summed E-state index contributed by atoms with van der Waals surface area (Å²) in [4.78, 5) is 43.1. The summed E-state index contributed by atoms with van der Waals surface area (Å²) in [6, 6.07) is 13.2. The van der Waals surface area contributed by atoms with Crippen LogP contribution in [0.15, 0.2) is 53.3 Å². The summed E-state index contributed by atoms with van der Waals surface area (Å²) in [5.41, 5.74) is 0.290. The zero-order chi connectivity index (χ0) is 21.0. The number of benzene rings is 2. The highest BCUT2D eigenvalue weighted by Gasteiger charge is 2.36. The number of hydrogen-bond donors (Lipinski definition) is 0. The predicted molar refractivity (Wildman–Crippen MR) is 108 cm³/mol. The molecule has 0 unspecified atom stereocenters. The first kappa shape index (κ1) is 20.5.